The second-order valence-electron chi connectivity index (χ2n) is 8.68. The number of nitrogens with zero attached hydrogens (tertiary/aromatic N) is 1. The van der Waals surface area contributed by atoms with Gasteiger partial charge in [0.1, 0.15) is 24.4 Å². The molecule has 9 nitrogen and oxygen atoms in total. The molecule has 0 bridgehead atoms. The number of hydrogen-bond donors (Lipinski definition) is 6. The number of halogens is 2. The Labute approximate surface area is 206 Å². The first kappa shape index (κ1) is 25.2. The summed E-state index contributed by atoms with van der Waals surface area (Å²) in [6.07, 6.45) is -5.75. The standard InChI is InChI=1S/C23H27Cl2N3O6/c1-28-8-15(14-6-12(24)7-17(25)16(14)9-28)11-3-2-4-13(5-11)26-23(33)27-19-21(31)20(30)18(10-29)34-22(19)32/h2-7,15,18-22,29-32H,8-10H2,1H3,(H2,26,27,33). The van der Waals surface area contributed by atoms with Crippen molar-refractivity contribution in [3.63, 3.8) is 0 Å². The third-order valence-corrected chi connectivity index (χ3v) is 6.79. The van der Waals surface area contributed by atoms with Gasteiger partial charge in [-0.2, -0.15) is 0 Å². The number of hydrogen-bond acceptors (Lipinski definition) is 7. The van der Waals surface area contributed by atoms with E-state index >= 15 is 0 Å². The third kappa shape index (κ3) is 5.17. The molecule has 0 aromatic heterocycles. The number of likely N-dealkylation sites (N-methyl/N-ethyl adjacent to an activating group) is 1. The lowest BCUT2D eigenvalue weighted by atomic mass is 9.84. The van der Waals surface area contributed by atoms with Gasteiger partial charge in [0.15, 0.2) is 6.29 Å². The van der Waals surface area contributed by atoms with Crippen molar-refractivity contribution < 1.29 is 30.0 Å². The van der Waals surface area contributed by atoms with Gasteiger partial charge in [0.25, 0.3) is 0 Å². The van der Waals surface area contributed by atoms with Crippen LogP contribution in [0.3, 0.4) is 0 Å². The van der Waals surface area contributed by atoms with Gasteiger partial charge in [0.2, 0.25) is 0 Å². The van der Waals surface area contributed by atoms with Crippen molar-refractivity contribution in [2.24, 2.45) is 0 Å². The highest BCUT2D eigenvalue weighted by Crippen LogP contribution is 2.38. The summed E-state index contributed by atoms with van der Waals surface area (Å²) in [4.78, 5) is 14.7. The van der Waals surface area contributed by atoms with Crippen LogP contribution in [0, 0.1) is 0 Å². The number of nitrogens with one attached hydrogen (secondary N) is 2. The van der Waals surface area contributed by atoms with E-state index in [1.807, 2.05) is 31.3 Å². The second kappa shape index (κ2) is 10.3. The molecule has 1 saturated heterocycles. The van der Waals surface area contributed by atoms with Crippen molar-refractivity contribution in [1.82, 2.24) is 10.2 Å². The van der Waals surface area contributed by atoms with Crippen LogP contribution in [0.5, 0.6) is 0 Å². The van der Waals surface area contributed by atoms with E-state index in [2.05, 4.69) is 15.5 Å². The minimum atomic E-state index is -1.60. The van der Waals surface area contributed by atoms with E-state index in [0.717, 1.165) is 23.2 Å². The maximum Gasteiger partial charge on any atom is 0.319 e. The van der Waals surface area contributed by atoms with Crippen molar-refractivity contribution in [2.45, 2.75) is 43.1 Å². The summed E-state index contributed by atoms with van der Waals surface area (Å²) in [5, 5.41) is 45.8. The average Bonchev–Trinajstić information content (AvgIpc) is 2.79. The molecule has 2 aromatic carbocycles. The van der Waals surface area contributed by atoms with Gasteiger partial charge in [0, 0.05) is 34.7 Å². The zero-order valence-corrected chi connectivity index (χ0v) is 19.9. The zero-order chi connectivity index (χ0) is 24.6. The molecule has 0 radical (unpaired) electrons. The molecule has 2 heterocycles. The Balaban J connectivity index is 1.50. The fraction of sp³-hybridized carbons (Fsp3) is 0.435. The summed E-state index contributed by atoms with van der Waals surface area (Å²) in [5.74, 6) is -0.0179. The second-order valence-corrected chi connectivity index (χ2v) is 9.53. The van der Waals surface area contributed by atoms with Crippen LogP contribution in [0.2, 0.25) is 10.0 Å². The van der Waals surface area contributed by atoms with Crippen molar-refractivity contribution in [3.05, 3.63) is 63.1 Å². The Hall–Kier alpha value is -1.95. The first-order chi connectivity index (χ1) is 16.2. The molecular formula is C23H27Cl2N3O6. The van der Waals surface area contributed by atoms with Gasteiger partial charge in [-0.05, 0) is 48.0 Å². The number of carbonyl (C=O) groups excluding carboxylic acids is 1. The number of carbonyl (C=O) groups is 1. The number of benzene rings is 2. The monoisotopic (exact) mass is 511 g/mol. The zero-order valence-electron chi connectivity index (χ0n) is 18.4. The Morgan fingerprint density at radius 3 is 2.68 bits per heavy atom. The lowest BCUT2D eigenvalue weighted by molar-refractivity contribution is -0.252. The van der Waals surface area contributed by atoms with E-state index in [9.17, 15) is 25.2 Å². The molecular weight excluding hydrogens is 485 g/mol. The Morgan fingerprint density at radius 2 is 1.94 bits per heavy atom. The quantitative estimate of drug-likeness (QED) is 0.366. The molecule has 0 aliphatic carbocycles. The molecule has 1 fully saturated rings. The van der Waals surface area contributed by atoms with Crippen LogP contribution in [0.25, 0.3) is 0 Å². The third-order valence-electron chi connectivity index (χ3n) is 6.24. The fourth-order valence-corrected chi connectivity index (χ4v) is 5.10. The summed E-state index contributed by atoms with van der Waals surface area (Å²) in [7, 11) is 2.01. The van der Waals surface area contributed by atoms with E-state index in [1.54, 1.807) is 12.1 Å². The topological polar surface area (TPSA) is 135 Å². The molecule has 184 valence electrons. The van der Waals surface area contributed by atoms with E-state index < -0.39 is 43.3 Å². The summed E-state index contributed by atoms with van der Waals surface area (Å²) in [5.41, 5.74) is 3.50. The minimum Gasteiger partial charge on any atom is -0.394 e. The largest absolute Gasteiger partial charge is 0.394 e. The molecule has 11 heteroatoms. The minimum absolute atomic E-state index is 0.0179. The molecule has 34 heavy (non-hydrogen) atoms. The predicted molar refractivity (Wildman–Crippen MR) is 127 cm³/mol. The highest BCUT2D eigenvalue weighted by Gasteiger charge is 2.44. The first-order valence-corrected chi connectivity index (χ1v) is 11.6. The van der Waals surface area contributed by atoms with Gasteiger partial charge < -0.3 is 40.7 Å². The smallest absolute Gasteiger partial charge is 0.319 e. The van der Waals surface area contributed by atoms with Gasteiger partial charge in [-0.3, -0.25) is 0 Å². The first-order valence-electron chi connectivity index (χ1n) is 10.8. The van der Waals surface area contributed by atoms with Crippen LogP contribution in [0.4, 0.5) is 10.5 Å². The maximum atomic E-state index is 12.6. The molecule has 6 atom stereocenters. The van der Waals surface area contributed by atoms with E-state index in [-0.39, 0.29) is 5.92 Å². The molecule has 2 aliphatic heterocycles. The highest BCUT2D eigenvalue weighted by molar-refractivity contribution is 6.35. The fourth-order valence-electron chi connectivity index (χ4n) is 4.54. The van der Waals surface area contributed by atoms with Crippen molar-refractivity contribution in [1.29, 1.82) is 0 Å². The van der Waals surface area contributed by atoms with Gasteiger partial charge in [-0.1, -0.05) is 35.3 Å². The number of aliphatic hydroxyl groups is 4. The summed E-state index contributed by atoms with van der Waals surface area (Å²) in [6, 6.07) is 8.98. The van der Waals surface area contributed by atoms with Gasteiger partial charge in [-0.15, -0.1) is 0 Å². The van der Waals surface area contributed by atoms with Crippen molar-refractivity contribution >= 4 is 34.9 Å². The van der Waals surface area contributed by atoms with Gasteiger partial charge >= 0.3 is 6.03 Å². The molecule has 0 spiro atoms. The molecule has 6 N–H and O–H groups in total. The van der Waals surface area contributed by atoms with Crippen LogP contribution < -0.4 is 10.6 Å². The Bertz CT molecular complexity index is 1060. The number of urea groups is 1. The number of ether oxygens (including phenoxy) is 1. The van der Waals surface area contributed by atoms with E-state index in [4.69, 9.17) is 27.9 Å². The molecule has 2 aromatic rings. The Morgan fingerprint density at radius 1 is 1.18 bits per heavy atom. The number of aliphatic hydroxyl groups excluding tert-OH is 4. The molecule has 6 unspecified atom stereocenters. The van der Waals surface area contributed by atoms with Crippen molar-refractivity contribution in [2.75, 3.05) is 25.5 Å². The van der Waals surface area contributed by atoms with E-state index in [1.165, 1.54) is 0 Å². The predicted octanol–water partition coefficient (Wildman–Crippen LogP) is 1.49. The Kier molecular flexibility index (Phi) is 7.66. The maximum absolute atomic E-state index is 12.6. The van der Waals surface area contributed by atoms with Gasteiger partial charge in [-0.25, -0.2) is 4.79 Å². The van der Waals surface area contributed by atoms with Gasteiger partial charge in [0.05, 0.1) is 6.61 Å². The van der Waals surface area contributed by atoms with Crippen LogP contribution in [0.1, 0.15) is 22.6 Å². The lowest BCUT2D eigenvalue weighted by Crippen LogP contribution is -2.64. The van der Waals surface area contributed by atoms with E-state index in [0.29, 0.717) is 22.3 Å². The van der Waals surface area contributed by atoms with Crippen LogP contribution in [-0.4, -0.2) is 82.2 Å². The van der Waals surface area contributed by atoms with Crippen LogP contribution >= 0.6 is 23.2 Å². The summed E-state index contributed by atoms with van der Waals surface area (Å²) < 4.78 is 5.07. The SMILES string of the molecule is CN1Cc2c(Cl)cc(Cl)cc2C(c2cccc(NC(=O)NC3C(O)OC(CO)C(O)C3O)c2)C1. The lowest BCUT2D eigenvalue weighted by Gasteiger charge is -2.40. The number of amides is 2. The summed E-state index contributed by atoms with van der Waals surface area (Å²) >= 11 is 12.7. The summed E-state index contributed by atoms with van der Waals surface area (Å²) in [6.45, 7) is 0.858. The molecule has 2 amide bonds. The average molecular weight is 512 g/mol. The van der Waals surface area contributed by atoms with Crippen LogP contribution in [-0.2, 0) is 11.3 Å². The molecule has 4 rings (SSSR count). The number of anilines is 1. The molecule has 2 aliphatic rings. The van der Waals surface area contributed by atoms with Crippen molar-refractivity contribution in [3.8, 4) is 0 Å². The highest BCUT2D eigenvalue weighted by atomic mass is 35.5. The number of fused-ring (bicyclic) bond motifs is 1. The molecule has 0 saturated carbocycles. The number of rotatable bonds is 4. The normalized spacial score (nSPS) is 29.4. The van der Waals surface area contributed by atoms with Crippen LogP contribution in [0.15, 0.2) is 36.4 Å².